The standard InChI is InChI=1S/C8H15BrO/c1-6-4-8(9)3-2-7(6)5-10/h6-8,10H,2-5H2,1H3. The fraction of sp³-hybridized carbons (Fsp3) is 1.00. The molecule has 0 spiro atoms. The van der Waals surface area contributed by atoms with Gasteiger partial charge in [-0.05, 0) is 31.1 Å². The Morgan fingerprint density at radius 2 is 2.20 bits per heavy atom. The first-order chi connectivity index (χ1) is 4.74. The number of rotatable bonds is 1. The molecular formula is C8H15BrO. The molecule has 0 heterocycles. The quantitative estimate of drug-likeness (QED) is 0.653. The molecule has 1 N–H and O–H groups in total. The second kappa shape index (κ2) is 3.72. The third-order valence-electron chi connectivity index (χ3n) is 2.52. The molecule has 0 aliphatic heterocycles. The Labute approximate surface area is 70.9 Å². The Kier molecular flexibility index (Phi) is 3.18. The molecule has 60 valence electrons. The summed E-state index contributed by atoms with van der Waals surface area (Å²) in [5, 5.41) is 8.93. The van der Waals surface area contributed by atoms with E-state index in [2.05, 4.69) is 22.9 Å². The number of hydrogen-bond donors (Lipinski definition) is 1. The summed E-state index contributed by atoms with van der Waals surface area (Å²) in [6.45, 7) is 2.61. The molecule has 0 saturated heterocycles. The van der Waals surface area contributed by atoms with Crippen LogP contribution in [-0.4, -0.2) is 16.5 Å². The van der Waals surface area contributed by atoms with E-state index in [4.69, 9.17) is 5.11 Å². The van der Waals surface area contributed by atoms with Crippen LogP contribution < -0.4 is 0 Å². The fourth-order valence-corrected chi connectivity index (χ4v) is 2.52. The monoisotopic (exact) mass is 206 g/mol. The SMILES string of the molecule is CC1CC(Br)CCC1CO. The summed E-state index contributed by atoms with van der Waals surface area (Å²) in [6, 6.07) is 0. The van der Waals surface area contributed by atoms with Crippen molar-refractivity contribution in [2.75, 3.05) is 6.61 Å². The molecular weight excluding hydrogens is 192 g/mol. The Bertz CT molecular complexity index is 105. The lowest BCUT2D eigenvalue weighted by Crippen LogP contribution is -2.25. The second-order valence-electron chi connectivity index (χ2n) is 3.33. The molecule has 0 amide bonds. The maximum absolute atomic E-state index is 8.93. The summed E-state index contributed by atoms with van der Waals surface area (Å²) in [7, 11) is 0. The molecule has 10 heavy (non-hydrogen) atoms. The molecule has 1 rings (SSSR count). The van der Waals surface area contributed by atoms with Crippen molar-refractivity contribution in [1.82, 2.24) is 0 Å². The summed E-state index contributed by atoms with van der Waals surface area (Å²) in [6.07, 6.45) is 3.65. The van der Waals surface area contributed by atoms with Gasteiger partial charge in [-0.25, -0.2) is 0 Å². The third kappa shape index (κ3) is 1.96. The van der Waals surface area contributed by atoms with Gasteiger partial charge >= 0.3 is 0 Å². The van der Waals surface area contributed by atoms with Crippen molar-refractivity contribution in [1.29, 1.82) is 0 Å². The Hall–Kier alpha value is 0.440. The van der Waals surface area contributed by atoms with Crippen LogP contribution in [0.2, 0.25) is 0 Å². The van der Waals surface area contributed by atoms with Gasteiger partial charge in [0.05, 0.1) is 0 Å². The summed E-state index contributed by atoms with van der Waals surface area (Å²) in [5.41, 5.74) is 0. The number of hydrogen-bond acceptors (Lipinski definition) is 1. The minimum Gasteiger partial charge on any atom is -0.396 e. The highest BCUT2D eigenvalue weighted by atomic mass is 79.9. The van der Waals surface area contributed by atoms with Crippen LogP contribution in [0.4, 0.5) is 0 Å². The largest absolute Gasteiger partial charge is 0.396 e. The smallest absolute Gasteiger partial charge is 0.0461 e. The van der Waals surface area contributed by atoms with Gasteiger partial charge < -0.3 is 5.11 Å². The van der Waals surface area contributed by atoms with E-state index >= 15 is 0 Å². The summed E-state index contributed by atoms with van der Waals surface area (Å²) >= 11 is 3.60. The van der Waals surface area contributed by atoms with Crippen molar-refractivity contribution in [3.63, 3.8) is 0 Å². The van der Waals surface area contributed by atoms with Crippen molar-refractivity contribution in [2.24, 2.45) is 11.8 Å². The van der Waals surface area contributed by atoms with Crippen LogP contribution in [0.25, 0.3) is 0 Å². The van der Waals surface area contributed by atoms with E-state index in [1.165, 1.54) is 19.3 Å². The van der Waals surface area contributed by atoms with Gasteiger partial charge in [0.15, 0.2) is 0 Å². The van der Waals surface area contributed by atoms with E-state index < -0.39 is 0 Å². The van der Waals surface area contributed by atoms with E-state index in [0.717, 1.165) is 0 Å². The van der Waals surface area contributed by atoms with Crippen LogP contribution in [-0.2, 0) is 0 Å². The van der Waals surface area contributed by atoms with Crippen LogP contribution in [0, 0.1) is 11.8 Å². The van der Waals surface area contributed by atoms with Gasteiger partial charge in [0.25, 0.3) is 0 Å². The fourth-order valence-electron chi connectivity index (χ4n) is 1.66. The number of aliphatic hydroxyl groups excluding tert-OH is 1. The molecule has 0 aromatic carbocycles. The highest BCUT2D eigenvalue weighted by Crippen LogP contribution is 2.32. The highest BCUT2D eigenvalue weighted by Gasteiger charge is 2.24. The van der Waals surface area contributed by atoms with Crippen molar-refractivity contribution in [2.45, 2.75) is 31.0 Å². The number of halogens is 1. The van der Waals surface area contributed by atoms with Gasteiger partial charge in [0, 0.05) is 11.4 Å². The molecule has 2 heteroatoms. The molecule has 0 radical (unpaired) electrons. The lowest BCUT2D eigenvalue weighted by Gasteiger charge is -2.30. The normalized spacial score (nSPS) is 41.7. The van der Waals surface area contributed by atoms with Crippen LogP contribution in [0.5, 0.6) is 0 Å². The number of alkyl halides is 1. The van der Waals surface area contributed by atoms with Gasteiger partial charge in [-0.3, -0.25) is 0 Å². The minimum absolute atomic E-state index is 0.376. The first-order valence-corrected chi connectivity index (χ1v) is 4.90. The highest BCUT2D eigenvalue weighted by molar-refractivity contribution is 9.09. The molecule has 1 saturated carbocycles. The van der Waals surface area contributed by atoms with Gasteiger partial charge in [-0.1, -0.05) is 22.9 Å². The van der Waals surface area contributed by atoms with Crippen LogP contribution in [0.1, 0.15) is 26.2 Å². The summed E-state index contributed by atoms with van der Waals surface area (Å²) in [5.74, 6) is 1.26. The molecule has 0 aromatic rings. The van der Waals surface area contributed by atoms with Crippen molar-refractivity contribution in [3.8, 4) is 0 Å². The van der Waals surface area contributed by atoms with E-state index in [-0.39, 0.29) is 0 Å². The predicted octanol–water partition coefficient (Wildman–Crippen LogP) is 2.18. The lowest BCUT2D eigenvalue weighted by atomic mass is 9.81. The molecule has 1 nitrogen and oxygen atoms in total. The maximum atomic E-state index is 8.93. The van der Waals surface area contributed by atoms with Crippen LogP contribution in [0.15, 0.2) is 0 Å². The van der Waals surface area contributed by atoms with Gasteiger partial charge in [-0.15, -0.1) is 0 Å². The van der Waals surface area contributed by atoms with Crippen LogP contribution in [0.3, 0.4) is 0 Å². The minimum atomic E-state index is 0.376. The van der Waals surface area contributed by atoms with Gasteiger partial charge in [0.2, 0.25) is 0 Å². The topological polar surface area (TPSA) is 20.2 Å². The Balaban J connectivity index is 2.36. The van der Waals surface area contributed by atoms with Crippen molar-refractivity contribution < 1.29 is 5.11 Å². The first-order valence-electron chi connectivity index (χ1n) is 3.99. The molecule has 1 aliphatic rings. The molecule has 1 aliphatic carbocycles. The third-order valence-corrected chi connectivity index (χ3v) is 3.35. The molecule has 1 fully saturated rings. The number of aliphatic hydroxyl groups is 1. The Morgan fingerprint density at radius 3 is 2.70 bits per heavy atom. The zero-order valence-electron chi connectivity index (χ0n) is 6.39. The van der Waals surface area contributed by atoms with E-state index in [1.54, 1.807) is 0 Å². The molecule has 0 aromatic heterocycles. The van der Waals surface area contributed by atoms with E-state index in [9.17, 15) is 0 Å². The Morgan fingerprint density at radius 1 is 1.50 bits per heavy atom. The second-order valence-corrected chi connectivity index (χ2v) is 4.63. The average molecular weight is 207 g/mol. The van der Waals surface area contributed by atoms with E-state index in [1.807, 2.05) is 0 Å². The average Bonchev–Trinajstić information content (AvgIpc) is 1.88. The van der Waals surface area contributed by atoms with Gasteiger partial charge in [-0.2, -0.15) is 0 Å². The summed E-state index contributed by atoms with van der Waals surface area (Å²) < 4.78 is 0. The summed E-state index contributed by atoms with van der Waals surface area (Å²) in [4.78, 5) is 0.699. The van der Waals surface area contributed by atoms with Crippen LogP contribution >= 0.6 is 15.9 Å². The maximum Gasteiger partial charge on any atom is 0.0461 e. The van der Waals surface area contributed by atoms with Crippen molar-refractivity contribution in [3.05, 3.63) is 0 Å². The zero-order chi connectivity index (χ0) is 7.56. The molecule has 0 bridgehead atoms. The van der Waals surface area contributed by atoms with E-state index in [0.29, 0.717) is 23.3 Å². The predicted molar refractivity (Wildman–Crippen MR) is 46.3 cm³/mol. The lowest BCUT2D eigenvalue weighted by molar-refractivity contribution is 0.147. The molecule has 3 atom stereocenters. The van der Waals surface area contributed by atoms with Gasteiger partial charge in [0.1, 0.15) is 0 Å². The zero-order valence-corrected chi connectivity index (χ0v) is 7.97. The molecule has 3 unspecified atom stereocenters. The first kappa shape index (κ1) is 8.54. The van der Waals surface area contributed by atoms with Crippen molar-refractivity contribution >= 4 is 15.9 Å².